The highest BCUT2D eigenvalue weighted by molar-refractivity contribution is 5.95. The molecule has 11 nitrogen and oxygen atoms in total. The second-order valence-corrected chi connectivity index (χ2v) is 7.79. The van der Waals surface area contributed by atoms with Crippen molar-refractivity contribution in [3.63, 3.8) is 0 Å². The first-order chi connectivity index (χ1) is 17.3. The first kappa shape index (κ1) is 24.8. The summed E-state index contributed by atoms with van der Waals surface area (Å²) in [5, 5.41) is 0. The minimum atomic E-state index is -1.43. The van der Waals surface area contributed by atoms with Gasteiger partial charge in [0.2, 0.25) is 6.29 Å². The van der Waals surface area contributed by atoms with Crippen LogP contribution >= 0.6 is 0 Å². The van der Waals surface area contributed by atoms with Crippen molar-refractivity contribution in [1.29, 1.82) is 0 Å². The highest BCUT2D eigenvalue weighted by atomic mass is 16.7. The van der Waals surface area contributed by atoms with Crippen LogP contribution in [0.1, 0.15) is 33.9 Å². The summed E-state index contributed by atoms with van der Waals surface area (Å²) in [6.45, 7) is 1.14. The number of nitrogens with zero attached hydrogens (tertiary/aromatic N) is 2. The van der Waals surface area contributed by atoms with Crippen LogP contribution in [-0.2, 0) is 23.7 Å². The minimum absolute atomic E-state index is 0.123. The maximum absolute atomic E-state index is 13.3. The molecule has 0 spiro atoms. The van der Waals surface area contributed by atoms with E-state index in [2.05, 4.69) is 0 Å². The van der Waals surface area contributed by atoms with Crippen molar-refractivity contribution in [2.75, 3.05) is 7.11 Å². The van der Waals surface area contributed by atoms with E-state index < -0.39 is 53.8 Å². The van der Waals surface area contributed by atoms with Gasteiger partial charge in [0.15, 0.2) is 12.3 Å². The molecule has 2 aromatic carbocycles. The first-order valence-corrected chi connectivity index (χ1v) is 10.9. The van der Waals surface area contributed by atoms with Crippen LogP contribution in [-0.4, -0.2) is 52.6 Å². The van der Waals surface area contributed by atoms with Crippen molar-refractivity contribution in [1.82, 2.24) is 9.13 Å². The lowest BCUT2D eigenvalue weighted by Gasteiger charge is -2.23. The maximum atomic E-state index is 13.3. The molecule has 0 radical (unpaired) electrons. The SMILES string of the molecule is CO[C@H]1C(OC(=O)c2ccccc2)[C@H](OC(C)=O)O[C@H]1n1ccc(=O)n(C(=O)c2ccccc2)c1=O. The Hall–Kier alpha value is -4.35. The van der Waals surface area contributed by atoms with Gasteiger partial charge in [-0.25, -0.2) is 9.59 Å². The standard InChI is InChI=1S/C25H22N2O9/c1-15(28)34-24-20(35-23(31)17-11-7-4-8-12-17)19(33-2)22(36-24)26-14-13-18(29)27(25(26)32)21(30)16-9-5-3-6-10-16/h3-14,19-20,22,24H,1-2H3/t19-,20?,22+,24+/m0/s1. The average Bonchev–Trinajstić information content (AvgIpc) is 3.20. The van der Waals surface area contributed by atoms with E-state index in [1.807, 2.05) is 0 Å². The number of hydrogen-bond donors (Lipinski definition) is 0. The lowest BCUT2D eigenvalue weighted by Crippen LogP contribution is -2.46. The molecule has 3 aromatic rings. The first-order valence-electron chi connectivity index (χ1n) is 10.9. The van der Waals surface area contributed by atoms with Gasteiger partial charge in [-0.1, -0.05) is 36.4 Å². The van der Waals surface area contributed by atoms with Crippen molar-refractivity contribution >= 4 is 17.8 Å². The van der Waals surface area contributed by atoms with Crippen LogP contribution in [0.5, 0.6) is 0 Å². The molecule has 1 aliphatic rings. The molecule has 1 unspecified atom stereocenters. The average molecular weight is 494 g/mol. The molecule has 0 aliphatic carbocycles. The fourth-order valence-corrected chi connectivity index (χ4v) is 3.81. The van der Waals surface area contributed by atoms with E-state index in [0.29, 0.717) is 4.57 Å². The molecule has 1 saturated heterocycles. The quantitative estimate of drug-likeness (QED) is 0.466. The Morgan fingerprint density at radius 3 is 2.03 bits per heavy atom. The molecule has 186 valence electrons. The van der Waals surface area contributed by atoms with Gasteiger partial charge in [-0.2, -0.15) is 4.57 Å². The molecule has 0 saturated carbocycles. The van der Waals surface area contributed by atoms with E-state index in [1.165, 1.54) is 31.4 Å². The number of carbonyl (C=O) groups excluding carboxylic acids is 3. The minimum Gasteiger partial charge on any atom is -0.449 e. The third-order valence-electron chi connectivity index (χ3n) is 5.46. The number of carbonyl (C=O) groups is 3. The molecular formula is C25H22N2O9. The number of methoxy groups -OCH3 is 1. The van der Waals surface area contributed by atoms with E-state index >= 15 is 0 Å². The number of ether oxygens (including phenoxy) is 4. The van der Waals surface area contributed by atoms with Crippen LogP contribution in [0.3, 0.4) is 0 Å². The Bertz CT molecular complexity index is 1380. The topological polar surface area (TPSA) is 132 Å². The summed E-state index contributed by atoms with van der Waals surface area (Å²) in [4.78, 5) is 63.1. The highest BCUT2D eigenvalue weighted by Crippen LogP contribution is 2.33. The highest BCUT2D eigenvalue weighted by Gasteiger charge is 2.51. The molecule has 1 aliphatic heterocycles. The monoisotopic (exact) mass is 494 g/mol. The Morgan fingerprint density at radius 1 is 0.833 bits per heavy atom. The van der Waals surface area contributed by atoms with Crippen molar-refractivity contribution in [2.45, 2.75) is 31.6 Å². The Morgan fingerprint density at radius 2 is 1.44 bits per heavy atom. The summed E-state index contributed by atoms with van der Waals surface area (Å²) in [5.41, 5.74) is -1.50. The van der Waals surface area contributed by atoms with E-state index in [9.17, 15) is 24.0 Å². The Balaban J connectivity index is 1.72. The molecule has 4 atom stereocenters. The predicted molar refractivity (Wildman–Crippen MR) is 123 cm³/mol. The smallest absolute Gasteiger partial charge is 0.340 e. The van der Waals surface area contributed by atoms with Gasteiger partial charge in [0, 0.05) is 31.9 Å². The second kappa shape index (κ2) is 10.5. The van der Waals surface area contributed by atoms with Crippen molar-refractivity contribution in [2.24, 2.45) is 0 Å². The van der Waals surface area contributed by atoms with Gasteiger partial charge in [-0.05, 0) is 24.3 Å². The Kier molecular flexibility index (Phi) is 7.23. The molecule has 0 N–H and O–H groups in total. The summed E-state index contributed by atoms with van der Waals surface area (Å²) in [7, 11) is 1.29. The van der Waals surface area contributed by atoms with Crippen LogP contribution in [0, 0.1) is 0 Å². The van der Waals surface area contributed by atoms with E-state index in [4.69, 9.17) is 18.9 Å². The number of esters is 2. The second-order valence-electron chi connectivity index (χ2n) is 7.79. The van der Waals surface area contributed by atoms with Crippen LogP contribution in [0.4, 0.5) is 0 Å². The number of benzene rings is 2. The van der Waals surface area contributed by atoms with Crippen LogP contribution in [0.15, 0.2) is 82.5 Å². The zero-order valence-electron chi connectivity index (χ0n) is 19.3. The van der Waals surface area contributed by atoms with Crippen LogP contribution in [0.25, 0.3) is 0 Å². The fourth-order valence-electron chi connectivity index (χ4n) is 3.81. The van der Waals surface area contributed by atoms with E-state index in [1.54, 1.807) is 36.4 Å². The van der Waals surface area contributed by atoms with Gasteiger partial charge >= 0.3 is 17.6 Å². The normalized spacial score (nSPS) is 21.1. The third-order valence-corrected chi connectivity index (χ3v) is 5.46. The summed E-state index contributed by atoms with van der Waals surface area (Å²) in [5.74, 6) is -2.30. The van der Waals surface area contributed by atoms with Crippen molar-refractivity contribution in [3.8, 4) is 0 Å². The number of rotatable bonds is 6. The van der Waals surface area contributed by atoms with E-state index in [-0.39, 0.29) is 11.1 Å². The largest absolute Gasteiger partial charge is 0.449 e. The summed E-state index contributed by atoms with van der Waals surface area (Å²) in [6, 6.07) is 16.9. The number of hydrogen-bond acceptors (Lipinski definition) is 9. The lowest BCUT2D eigenvalue weighted by molar-refractivity contribution is -0.191. The lowest BCUT2D eigenvalue weighted by atomic mass is 10.2. The summed E-state index contributed by atoms with van der Waals surface area (Å²) >= 11 is 0. The van der Waals surface area contributed by atoms with Gasteiger partial charge in [0.1, 0.15) is 6.10 Å². The van der Waals surface area contributed by atoms with Gasteiger partial charge in [0.05, 0.1) is 5.56 Å². The Labute approximate surface area is 204 Å². The van der Waals surface area contributed by atoms with Crippen molar-refractivity contribution < 1.29 is 33.3 Å². The molecule has 36 heavy (non-hydrogen) atoms. The maximum Gasteiger partial charge on any atom is 0.340 e. The fraction of sp³-hybridized carbons (Fsp3) is 0.240. The molecule has 2 heterocycles. The molecule has 0 amide bonds. The molecule has 11 heteroatoms. The molecule has 1 aromatic heterocycles. The summed E-state index contributed by atoms with van der Waals surface area (Å²) < 4.78 is 23.4. The summed E-state index contributed by atoms with van der Waals surface area (Å²) in [6.07, 6.45) is -4.02. The number of aromatic nitrogens is 2. The van der Waals surface area contributed by atoms with Gasteiger partial charge < -0.3 is 18.9 Å². The predicted octanol–water partition coefficient (Wildman–Crippen LogP) is 1.36. The van der Waals surface area contributed by atoms with Gasteiger partial charge in [0.25, 0.3) is 11.5 Å². The van der Waals surface area contributed by atoms with Crippen LogP contribution in [0.2, 0.25) is 0 Å². The van der Waals surface area contributed by atoms with E-state index in [0.717, 1.165) is 23.8 Å². The third kappa shape index (κ3) is 4.88. The molecule has 1 fully saturated rings. The van der Waals surface area contributed by atoms with Gasteiger partial charge in [-0.15, -0.1) is 0 Å². The van der Waals surface area contributed by atoms with Crippen LogP contribution < -0.4 is 11.2 Å². The van der Waals surface area contributed by atoms with Crippen molar-refractivity contribution in [3.05, 3.63) is 105 Å². The molecular weight excluding hydrogens is 472 g/mol. The molecule has 4 rings (SSSR count). The molecule has 0 bridgehead atoms. The van der Waals surface area contributed by atoms with Gasteiger partial charge in [-0.3, -0.25) is 19.0 Å². The zero-order chi connectivity index (χ0) is 25.8. The zero-order valence-corrected chi connectivity index (χ0v) is 19.3.